The zero-order chi connectivity index (χ0) is 12.5. The molecule has 0 aromatic rings. The van der Waals surface area contributed by atoms with E-state index in [0.29, 0.717) is 17.3 Å². The Labute approximate surface area is 104 Å². The second-order valence-corrected chi connectivity index (χ2v) is 7.95. The van der Waals surface area contributed by atoms with E-state index in [9.17, 15) is 10.2 Å². The lowest BCUT2D eigenvalue weighted by Gasteiger charge is -2.57. The molecule has 3 fully saturated rings. The molecule has 2 heteroatoms. The molecular weight excluding hydrogens is 212 g/mol. The van der Waals surface area contributed by atoms with Crippen molar-refractivity contribution in [1.29, 1.82) is 0 Å². The molecule has 3 aliphatic rings. The first-order chi connectivity index (χ1) is 7.77. The zero-order valence-corrected chi connectivity index (χ0v) is 11.4. The first-order valence-electron chi connectivity index (χ1n) is 7.17. The summed E-state index contributed by atoms with van der Waals surface area (Å²) in [5.74, 6) is 0.955. The van der Waals surface area contributed by atoms with Crippen LogP contribution in [0.3, 0.4) is 0 Å². The quantitative estimate of drug-likeness (QED) is 0.681. The maximum absolute atomic E-state index is 11.0. The Morgan fingerprint density at radius 3 is 2.41 bits per heavy atom. The molecule has 3 aliphatic carbocycles. The Bertz CT molecular complexity index is 338. The monoisotopic (exact) mass is 238 g/mol. The van der Waals surface area contributed by atoms with Crippen LogP contribution in [-0.4, -0.2) is 21.9 Å². The summed E-state index contributed by atoms with van der Waals surface area (Å²) in [6, 6.07) is 0. The summed E-state index contributed by atoms with van der Waals surface area (Å²) in [4.78, 5) is 0. The van der Waals surface area contributed by atoms with Crippen molar-refractivity contribution in [2.45, 2.75) is 71.0 Å². The summed E-state index contributed by atoms with van der Waals surface area (Å²) in [7, 11) is 0. The van der Waals surface area contributed by atoms with Crippen molar-refractivity contribution in [3.05, 3.63) is 0 Å². The van der Waals surface area contributed by atoms with Crippen LogP contribution in [-0.2, 0) is 0 Å². The Kier molecular flexibility index (Phi) is 2.30. The van der Waals surface area contributed by atoms with Crippen LogP contribution in [0.5, 0.6) is 0 Å². The summed E-state index contributed by atoms with van der Waals surface area (Å²) in [6.45, 7) is 6.77. The van der Waals surface area contributed by atoms with E-state index < -0.39 is 5.60 Å². The molecule has 2 bridgehead atoms. The average molecular weight is 238 g/mol. The second-order valence-electron chi connectivity index (χ2n) is 7.95. The minimum Gasteiger partial charge on any atom is -0.393 e. The SMILES string of the molecule is CC1(C)C[C@@H]2[C@H]1C[C@H](O)C1(C)CCC[C@]2(O)C1. The van der Waals surface area contributed by atoms with Crippen molar-refractivity contribution in [2.75, 3.05) is 0 Å². The van der Waals surface area contributed by atoms with Crippen LogP contribution in [0.4, 0.5) is 0 Å². The third kappa shape index (κ3) is 1.53. The van der Waals surface area contributed by atoms with Gasteiger partial charge >= 0.3 is 0 Å². The number of rotatable bonds is 0. The lowest BCUT2D eigenvalue weighted by molar-refractivity contribution is -0.161. The molecule has 0 aromatic carbocycles. The van der Waals surface area contributed by atoms with Crippen molar-refractivity contribution in [1.82, 2.24) is 0 Å². The molecule has 2 N–H and O–H groups in total. The highest BCUT2D eigenvalue weighted by atomic mass is 16.3. The topological polar surface area (TPSA) is 40.5 Å². The van der Waals surface area contributed by atoms with Crippen molar-refractivity contribution >= 4 is 0 Å². The molecule has 2 nitrogen and oxygen atoms in total. The number of hydrogen-bond acceptors (Lipinski definition) is 2. The van der Waals surface area contributed by atoms with E-state index in [2.05, 4.69) is 20.8 Å². The van der Waals surface area contributed by atoms with Gasteiger partial charge in [-0.25, -0.2) is 0 Å². The van der Waals surface area contributed by atoms with E-state index in [0.717, 1.165) is 38.5 Å². The van der Waals surface area contributed by atoms with Gasteiger partial charge < -0.3 is 10.2 Å². The smallest absolute Gasteiger partial charge is 0.0685 e. The molecule has 0 aliphatic heterocycles. The molecular formula is C15H26O2. The Morgan fingerprint density at radius 2 is 1.76 bits per heavy atom. The number of fused-ring (bicyclic) bond motifs is 4. The third-order valence-corrected chi connectivity index (χ3v) is 6.27. The fourth-order valence-corrected chi connectivity index (χ4v) is 5.09. The molecule has 0 radical (unpaired) electrons. The highest BCUT2D eigenvalue weighted by Crippen LogP contribution is 2.64. The minimum absolute atomic E-state index is 0.0413. The molecule has 0 heterocycles. The maximum Gasteiger partial charge on any atom is 0.0685 e. The van der Waals surface area contributed by atoms with Crippen LogP contribution in [0.2, 0.25) is 0 Å². The largest absolute Gasteiger partial charge is 0.393 e. The van der Waals surface area contributed by atoms with Crippen molar-refractivity contribution in [3.8, 4) is 0 Å². The van der Waals surface area contributed by atoms with Crippen LogP contribution >= 0.6 is 0 Å². The predicted molar refractivity (Wildman–Crippen MR) is 67.5 cm³/mol. The Hall–Kier alpha value is -0.0800. The van der Waals surface area contributed by atoms with Gasteiger partial charge in [0.25, 0.3) is 0 Å². The van der Waals surface area contributed by atoms with E-state index >= 15 is 0 Å². The second kappa shape index (κ2) is 3.27. The van der Waals surface area contributed by atoms with E-state index in [1.165, 1.54) is 0 Å². The summed E-state index contributed by atoms with van der Waals surface area (Å²) >= 11 is 0. The molecule has 3 saturated carbocycles. The number of aliphatic hydroxyl groups excluding tert-OH is 1. The van der Waals surface area contributed by atoms with E-state index in [-0.39, 0.29) is 11.5 Å². The van der Waals surface area contributed by atoms with Gasteiger partial charge in [0.05, 0.1) is 11.7 Å². The molecule has 0 aromatic heterocycles. The van der Waals surface area contributed by atoms with E-state index in [4.69, 9.17) is 0 Å². The maximum atomic E-state index is 11.0. The van der Waals surface area contributed by atoms with Crippen LogP contribution in [0.25, 0.3) is 0 Å². The fraction of sp³-hybridized carbons (Fsp3) is 1.00. The van der Waals surface area contributed by atoms with Gasteiger partial charge in [-0.05, 0) is 61.2 Å². The highest BCUT2D eigenvalue weighted by Gasteiger charge is 2.62. The van der Waals surface area contributed by atoms with Crippen LogP contribution < -0.4 is 0 Å². The predicted octanol–water partition coefficient (Wildman–Crippen LogP) is 2.72. The van der Waals surface area contributed by atoms with Gasteiger partial charge in [-0.3, -0.25) is 0 Å². The first-order valence-corrected chi connectivity index (χ1v) is 7.17. The zero-order valence-electron chi connectivity index (χ0n) is 11.4. The van der Waals surface area contributed by atoms with Crippen LogP contribution in [0.1, 0.15) is 59.3 Å². The molecule has 5 atom stereocenters. The Morgan fingerprint density at radius 1 is 1.06 bits per heavy atom. The number of aliphatic hydroxyl groups is 2. The normalized spacial score (nSPS) is 56.6. The molecule has 17 heavy (non-hydrogen) atoms. The average Bonchev–Trinajstić information content (AvgIpc) is 2.25. The lowest BCUT2D eigenvalue weighted by Crippen LogP contribution is -2.56. The van der Waals surface area contributed by atoms with Gasteiger partial charge in [-0.2, -0.15) is 0 Å². The van der Waals surface area contributed by atoms with E-state index in [1.54, 1.807) is 0 Å². The van der Waals surface area contributed by atoms with Gasteiger partial charge in [0, 0.05) is 0 Å². The Balaban J connectivity index is 1.97. The molecule has 0 spiro atoms. The highest BCUT2D eigenvalue weighted by molar-refractivity contribution is 5.12. The first kappa shape index (κ1) is 12.0. The molecule has 1 unspecified atom stereocenters. The number of hydrogen-bond donors (Lipinski definition) is 2. The van der Waals surface area contributed by atoms with Crippen molar-refractivity contribution in [3.63, 3.8) is 0 Å². The van der Waals surface area contributed by atoms with Crippen molar-refractivity contribution in [2.24, 2.45) is 22.7 Å². The standard InChI is InChI=1S/C15H26O2/c1-13(2)8-11-10(13)7-12(16)14(3)5-4-6-15(11,17)9-14/h10-12,16-17H,4-9H2,1-3H3/t10-,11-,12+,14?,15+/m1/s1. The van der Waals surface area contributed by atoms with Gasteiger partial charge in [-0.15, -0.1) is 0 Å². The molecule has 0 amide bonds. The minimum atomic E-state index is -0.481. The van der Waals surface area contributed by atoms with Gasteiger partial charge in [0.15, 0.2) is 0 Å². The summed E-state index contributed by atoms with van der Waals surface area (Å²) in [5, 5.41) is 21.5. The van der Waals surface area contributed by atoms with E-state index in [1.807, 2.05) is 0 Å². The van der Waals surface area contributed by atoms with Crippen LogP contribution in [0.15, 0.2) is 0 Å². The third-order valence-electron chi connectivity index (χ3n) is 6.27. The summed E-state index contributed by atoms with van der Waals surface area (Å²) in [6.07, 6.45) is 5.74. The van der Waals surface area contributed by atoms with Crippen LogP contribution in [0, 0.1) is 22.7 Å². The van der Waals surface area contributed by atoms with Gasteiger partial charge in [0.1, 0.15) is 0 Å². The summed E-state index contributed by atoms with van der Waals surface area (Å²) < 4.78 is 0. The molecule has 3 rings (SSSR count). The lowest BCUT2D eigenvalue weighted by atomic mass is 9.49. The molecule has 0 saturated heterocycles. The fourth-order valence-electron chi connectivity index (χ4n) is 5.09. The summed E-state index contributed by atoms with van der Waals surface area (Å²) in [5.41, 5.74) is -0.208. The van der Waals surface area contributed by atoms with Gasteiger partial charge in [0.2, 0.25) is 0 Å². The van der Waals surface area contributed by atoms with Gasteiger partial charge in [-0.1, -0.05) is 20.8 Å². The molecule has 98 valence electrons. The van der Waals surface area contributed by atoms with Crippen molar-refractivity contribution < 1.29 is 10.2 Å².